The molecule has 20 heavy (non-hydrogen) atoms. The van der Waals surface area contributed by atoms with E-state index >= 15 is 0 Å². The fourth-order valence-corrected chi connectivity index (χ4v) is 1.16. The number of carbonyl (C=O) groups is 1. The van der Waals surface area contributed by atoms with Gasteiger partial charge in [0.15, 0.2) is 0 Å². The van der Waals surface area contributed by atoms with Crippen molar-refractivity contribution in [3.8, 4) is 0 Å². The fourth-order valence-electron chi connectivity index (χ4n) is 1.16. The molecular formula is C9H4F6N2O3. The molecule has 110 valence electrons. The first kappa shape index (κ1) is 15.7. The van der Waals surface area contributed by atoms with Gasteiger partial charge < -0.3 is 5.32 Å². The van der Waals surface area contributed by atoms with Crippen molar-refractivity contribution >= 4 is 17.3 Å². The molecule has 0 atom stereocenters. The smallest absolute Gasteiger partial charge is 0.312 e. The number of nitro benzene ring substituents is 1. The minimum absolute atomic E-state index is 0.0573. The topological polar surface area (TPSA) is 72.2 Å². The summed E-state index contributed by atoms with van der Waals surface area (Å²) >= 11 is 0. The van der Waals surface area contributed by atoms with E-state index in [9.17, 15) is 41.3 Å². The van der Waals surface area contributed by atoms with Gasteiger partial charge in [-0.1, -0.05) is 0 Å². The molecule has 1 N–H and O–H groups in total. The van der Waals surface area contributed by atoms with Gasteiger partial charge in [-0.25, -0.2) is 0 Å². The summed E-state index contributed by atoms with van der Waals surface area (Å²) in [6, 6.07) is 0.734. The standard InChI is InChI=1S/C9H4F6N2O3/c10-8(11,12)4-1-2-6(17(19)20)5(3-4)16-7(18)9(13,14)15/h1-3H,(H,16,18). The van der Waals surface area contributed by atoms with Crippen molar-refractivity contribution in [2.45, 2.75) is 12.4 Å². The second-order valence-corrected chi connectivity index (χ2v) is 3.44. The maximum atomic E-state index is 12.4. The molecule has 0 bridgehead atoms. The predicted molar refractivity (Wildman–Crippen MR) is 52.8 cm³/mol. The Balaban J connectivity index is 3.27. The Labute approximate surface area is 106 Å². The van der Waals surface area contributed by atoms with E-state index in [1.54, 1.807) is 0 Å². The Morgan fingerprint density at radius 3 is 2.10 bits per heavy atom. The van der Waals surface area contributed by atoms with Crippen LogP contribution in [0.5, 0.6) is 0 Å². The molecule has 0 aliphatic rings. The average Bonchev–Trinajstić information content (AvgIpc) is 2.25. The lowest BCUT2D eigenvalue weighted by atomic mass is 10.1. The lowest BCUT2D eigenvalue weighted by Gasteiger charge is -2.11. The van der Waals surface area contributed by atoms with Crippen LogP contribution in [0.25, 0.3) is 0 Å². The van der Waals surface area contributed by atoms with Gasteiger partial charge in [0.05, 0.1) is 10.5 Å². The van der Waals surface area contributed by atoms with Crippen molar-refractivity contribution in [2.24, 2.45) is 0 Å². The first-order valence-electron chi connectivity index (χ1n) is 4.66. The molecule has 0 aromatic heterocycles. The first-order valence-corrected chi connectivity index (χ1v) is 4.66. The second kappa shape index (κ2) is 4.98. The van der Waals surface area contributed by atoms with Crippen LogP contribution in [-0.4, -0.2) is 17.0 Å². The van der Waals surface area contributed by atoms with E-state index in [-0.39, 0.29) is 6.07 Å². The Morgan fingerprint density at radius 1 is 1.15 bits per heavy atom. The van der Waals surface area contributed by atoms with Gasteiger partial charge >= 0.3 is 18.3 Å². The van der Waals surface area contributed by atoms with Crippen molar-refractivity contribution in [3.05, 3.63) is 33.9 Å². The van der Waals surface area contributed by atoms with Crippen molar-refractivity contribution < 1.29 is 36.1 Å². The minimum atomic E-state index is -5.39. The minimum Gasteiger partial charge on any atom is -0.312 e. The van der Waals surface area contributed by atoms with Gasteiger partial charge in [0.25, 0.3) is 5.69 Å². The zero-order valence-electron chi connectivity index (χ0n) is 9.17. The number of carbonyl (C=O) groups excluding carboxylic acids is 1. The molecule has 1 aromatic rings. The van der Waals surface area contributed by atoms with Crippen molar-refractivity contribution in [1.29, 1.82) is 0 Å². The van der Waals surface area contributed by atoms with Gasteiger partial charge in [-0.05, 0) is 12.1 Å². The summed E-state index contributed by atoms with van der Waals surface area (Å²) < 4.78 is 73.1. The summed E-state index contributed by atoms with van der Waals surface area (Å²) in [5, 5.41) is 11.5. The highest BCUT2D eigenvalue weighted by Gasteiger charge is 2.40. The number of anilines is 1. The number of halogens is 6. The van der Waals surface area contributed by atoms with Crippen molar-refractivity contribution in [3.63, 3.8) is 0 Å². The van der Waals surface area contributed by atoms with Crippen LogP contribution in [0.4, 0.5) is 37.7 Å². The Kier molecular flexibility index (Phi) is 3.92. The van der Waals surface area contributed by atoms with E-state index < -0.39 is 40.1 Å². The van der Waals surface area contributed by atoms with Gasteiger partial charge in [-0.15, -0.1) is 0 Å². The van der Waals surface area contributed by atoms with Gasteiger partial charge in [-0.3, -0.25) is 14.9 Å². The highest BCUT2D eigenvalue weighted by atomic mass is 19.4. The largest absolute Gasteiger partial charge is 0.471 e. The molecule has 0 spiro atoms. The molecule has 0 saturated heterocycles. The molecule has 1 aromatic carbocycles. The summed E-state index contributed by atoms with van der Waals surface area (Å²) in [5.74, 6) is -2.61. The summed E-state index contributed by atoms with van der Waals surface area (Å²) in [6.07, 6.45) is -10.3. The molecule has 1 rings (SSSR count). The molecule has 0 radical (unpaired) electrons. The maximum Gasteiger partial charge on any atom is 0.471 e. The number of hydrogen-bond donors (Lipinski definition) is 1. The SMILES string of the molecule is O=C(Nc1cc(C(F)(F)F)ccc1[N+](=O)[O-])C(F)(F)F. The Morgan fingerprint density at radius 2 is 1.70 bits per heavy atom. The van der Waals surface area contributed by atoms with E-state index in [0.717, 1.165) is 5.32 Å². The third-order valence-corrected chi connectivity index (χ3v) is 2.03. The van der Waals surface area contributed by atoms with Crippen LogP contribution >= 0.6 is 0 Å². The van der Waals surface area contributed by atoms with Crippen molar-refractivity contribution in [1.82, 2.24) is 0 Å². The molecule has 0 fully saturated rings. The number of nitrogens with one attached hydrogen (secondary N) is 1. The molecule has 0 heterocycles. The normalized spacial score (nSPS) is 12.1. The van der Waals surface area contributed by atoms with Crippen LogP contribution in [0, 0.1) is 10.1 Å². The highest BCUT2D eigenvalue weighted by Crippen LogP contribution is 2.35. The molecule has 5 nitrogen and oxygen atoms in total. The number of alkyl halides is 6. The molecule has 0 aliphatic carbocycles. The molecule has 0 unspecified atom stereocenters. The van der Waals surface area contributed by atoms with Crippen LogP contribution in [0.1, 0.15) is 5.56 Å². The van der Waals surface area contributed by atoms with E-state index in [0.29, 0.717) is 12.1 Å². The van der Waals surface area contributed by atoms with E-state index in [2.05, 4.69) is 0 Å². The Hall–Kier alpha value is -2.33. The number of benzene rings is 1. The van der Waals surface area contributed by atoms with Crippen LogP contribution in [0.2, 0.25) is 0 Å². The maximum absolute atomic E-state index is 12.4. The van der Waals surface area contributed by atoms with E-state index in [4.69, 9.17) is 0 Å². The molecule has 0 saturated carbocycles. The zero-order valence-corrected chi connectivity index (χ0v) is 9.17. The number of hydrogen-bond acceptors (Lipinski definition) is 3. The highest BCUT2D eigenvalue weighted by molar-refractivity contribution is 5.96. The molecular weight excluding hydrogens is 298 g/mol. The van der Waals surface area contributed by atoms with Crippen LogP contribution in [0.15, 0.2) is 18.2 Å². The zero-order chi connectivity index (χ0) is 15.7. The molecule has 1 amide bonds. The number of rotatable bonds is 2. The van der Waals surface area contributed by atoms with E-state index in [1.165, 1.54) is 0 Å². The summed E-state index contributed by atoms with van der Waals surface area (Å²) in [5.41, 5.74) is -3.71. The third-order valence-electron chi connectivity index (χ3n) is 2.03. The Bertz CT molecular complexity index is 552. The quantitative estimate of drug-likeness (QED) is 0.518. The van der Waals surface area contributed by atoms with Gasteiger partial charge in [0, 0.05) is 6.07 Å². The summed E-state index contributed by atoms with van der Waals surface area (Å²) in [7, 11) is 0. The first-order chi connectivity index (χ1) is 8.93. The summed E-state index contributed by atoms with van der Waals surface area (Å²) in [4.78, 5) is 19.9. The lowest BCUT2D eigenvalue weighted by Crippen LogP contribution is -2.30. The van der Waals surface area contributed by atoms with Crippen molar-refractivity contribution in [2.75, 3.05) is 5.32 Å². The third kappa shape index (κ3) is 3.59. The molecule has 0 aliphatic heterocycles. The average molecular weight is 302 g/mol. The predicted octanol–water partition coefficient (Wildman–Crippen LogP) is 3.11. The number of nitrogens with zero attached hydrogens (tertiary/aromatic N) is 1. The fraction of sp³-hybridized carbons (Fsp3) is 0.222. The van der Waals surface area contributed by atoms with Gasteiger partial charge in [0.1, 0.15) is 5.69 Å². The van der Waals surface area contributed by atoms with Crippen LogP contribution < -0.4 is 5.32 Å². The van der Waals surface area contributed by atoms with Gasteiger partial charge in [-0.2, -0.15) is 26.3 Å². The second-order valence-electron chi connectivity index (χ2n) is 3.44. The van der Waals surface area contributed by atoms with E-state index in [1.807, 2.05) is 0 Å². The van der Waals surface area contributed by atoms with Crippen LogP contribution in [0.3, 0.4) is 0 Å². The number of nitro groups is 1. The van der Waals surface area contributed by atoms with Gasteiger partial charge in [0.2, 0.25) is 0 Å². The molecule has 11 heteroatoms. The lowest BCUT2D eigenvalue weighted by molar-refractivity contribution is -0.384. The monoisotopic (exact) mass is 302 g/mol. The van der Waals surface area contributed by atoms with Crippen LogP contribution in [-0.2, 0) is 11.0 Å². The summed E-state index contributed by atoms with van der Waals surface area (Å²) in [6.45, 7) is 0. The number of amides is 1.